The van der Waals surface area contributed by atoms with Gasteiger partial charge < -0.3 is 14.9 Å². The van der Waals surface area contributed by atoms with Crippen LogP contribution in [0.4, 0.5) is 0 Å². The van der Waals surface area contributed by atoms with Gasteiger partial charge in [0.2, 0.25) is 0 Å². The zero-order valence-corrected chi connectivity index (χ0v) is 17.5. The van der Waals surface area contributed by atoms with Gasteiger partial charge in [0.25, 0.3) is 0 Å². The molecule has 29 heavy (non-hydrogen) atoms. The van der Waals surface area contributed by atoms with E-state index in [0.29, 0.717) is 19.3 Å². The van der Waals surface area contributed by atoms with E-state index in [0.717, 1.165) is 13.7 Å². The van der Waals surface area contributed by atoms with Crippen LogP contribution < -0.4 is 17.1 Å². The minimum absolute atomic E-state index is 0.176. The average molecular weight is 413 g/mol. The number of esters is 1. The molecule has 0 saturated heterocycles. The number of nitrogens with zero attached hydrogens (tertiary/aromatic N) is 3. The fourth-order valence-electron chi connectivity index (χ4n) is 2.54. The summed E-state index contributed by atoms with van der Waals surface area (Å²) >= 11 is 0. The Morgan fingerprint density at radius 2 is 1.24 bits per heavy atom. The van der Waals surface area contributed by atoms with Crippen LogP contribution >= 0.6 is 0 Å². The number of aromatic nitrogens is 3. The van der Waals surface area contributed by atoms with Crippen LogP contribution in [0, 0.1) is 0 Å². The summed E-state index contributed by atoms with van der Waals surface area (Å²) in [7, 11) is 0. The number of aliphatic hydroxyl groups is 2. The van der Waals surface area contributed by atoms with Gasteiger partial charge in [0.05, 0.1) is 31.8 Å². The van der Waals surface area contributed by atoms with Crippen LogP contribution in [0.25, 0.3) is 0 Å². The van der Waals surface area contributed by atoms with Crippen molar-refractivity contribution < 1.29 is 19.7 Å². The first-order valence-corrected chi connectivity index (χ1v) is 9.74. The Morgan fingerprint density at radius 3 is 1.55 bits per heavy atom. The molecule has 0 aromatic carbocycles. The molecule has 3 atom stereocenters. The molecule has 10 nitrogen and oxygen atoms in total. The van der Waals surface area contributed by atoms with E-state index < -0.39 is 41.4 Å². The Kier molecular flexibility index (Phi) is 9.25. The lowest BCUT2D eigenvalue weighted by Crippen LogP contribution is -2.57. The number of carbonyl (C=O) groups excluding carboxylic acids is 1. The minimum Gasteiger partial charge on any atom is -0.457 e. The van der Waals surface area contributed by atoms with Crippen molar-refractivity contribution in [1.29, 1.82) is 0 Å². The summed E-state index contributed by atoms with van der Waals surface area (Å²) in [6.07, 6.45) is -1.79. The van der Waals surface area contributed by atoms with Crippen LogP contribution in [0.1, 0.15) is 47.0 Å². The van der Waals surface area contributed by atoms with E-state index in [4.69, 9.17) is 4.74 Å². The summed E-state index contributed by atoms with van der Waals surface area (Å²) < 4.78 is 7.59. The van der Waals surface area contributed by atoms with E-state index in [1.165, 1.54) is 6.92 Å². The lowest BCUT2D eigenvalue weighted by atomic mass is 10.2. The quantitative estimate of drug-likeness (QED) is 0.373. The lowest BCUT2D eigenvalue weighted by Gasteiger charge is -2.20. The fraction of sp³-hybridized carbons (Fsp3) is 0.684. The van der Waals surface area contributed by atoms with Gasteiger partial charge in [-0.15, -0.1) is 0 Å². The molecule has 0 saturated carbocycles. The maximum atomic E-state index is 12.8. The molecule has 1 heterocycles. The average Bonchev–Trinajstić information content (AvgIpc) is 2.69. The number of hydrogen-bond donors (Lipinski definition) is 2. The van der Waals surface area contributed by atoms with Gasteiger partial charge in [0.1, 0.15) is 6.10 Å². The molecule has 1 aromatic heterocycles. The van der Waals surface area contributed by atoms with E-state index in [2.05, 4.69) is 6.58 Å². The highest BCUT2D eigenvalue weighted by molar-refractivity contribution is 5.87. The molecule has 0 aliphatic heterocycles. The topological polar surface area (TPSA) is 133 Å². The summed E-state index contributed by atoms with van der Waals surface area (Å²) in [6.45, 7) is 9.23. The van der Waals surface area contributed by atoms with Gasteiger partial charge in [-0.3, -0.25) is 0 Å². The highest BCUT2D eigenvalue weighted by atomic mass is 16.5. The third-order valence-electron chi connectivity index (χ3n) is 4.58. The van der Waals surface area contributed by atoms with E-state index in [9.17, 15) is 29.4 Å². The second kappa shape index (κ2) is 10.9. The van der Waals surface area contributed by atoms with E-state index in [1.807, 2.05) is 0 Å². The van der Waals surface area contributed by atoms with Crippen molar-refractivity contribution in [3.05, 3.63) is 43.6 Å². The Bertz CT molecular complexity index is 846. The van der Waals surface area contributed by atoms with Gasteiger partial charge in [-0.2, -0.15) is 0 Å². The zero-order chi connectivity index (χ0) is 22.3. The summed E-state index contributed by atoms with van der Waals surface area (Å²) in [5.74, 6) is -0.652. The Balaban J connectivity index is 3.52. The number of rotatable bonds is 11. The molecular formula is C19H31N3O7. The zero-order valence-electron chi connectivity index (χ0n) is 17.5. The van der Waals surface area contributed by atoms with Crippen molar-refractivity contribution in [3.8, 4) is 0 Å². The first-order chi connectivity index (χ1) is 13.6. The molecule has 3 unspecified atom stereocenters. The maximum absolute atomic E-state index is 12.8. The van der Waals surface area contributed by atoms with E-state index in [1.54, 1.807) is 20.8 Å². The third-order valence-corrected chi connectivity index (χ3v) is 4.58. The number of carbonyl (C=O) groups is 1. The lowest BCUT2D eigenvalue weighted by molar-refractivity contribution is -0.145. The van der Waals surface area contributed by atoms with Crippen molar-refractivity contribution in [3.63, 3.8) is 0 Å². The summed E-state index contributed by atoms with van der Waals surface area (Å²) in [5.41, 5.74) is -2.53. The molecule has 1 aromatic rings. The number of aliphatic hydroxyl groups excluding tert-OH is 2. The third kappa shape index (κ3) is 6.26. The smallest absolute Gasteiger partial charge is 0.336 e. The summed E-state index contributed by atoms with van der Waals surface area (Å²) in [6, 6.07) is 0. The van der Waals surface area contributed by atoms with Gasteiger partial charge in [0.15, 0.2) is 0 Å². The van der Waals surface area contributed by atoms with Gasteiger partial charge in [-0.1, -0.05) is 27.4 Å². The predicted molar refractivity (Wildman–Crippen MR) is 107 cm³/mol. The van der Waals surface area contributed by atoms with Crippen LogP contribution in [0.5, 0.6) is 0 Å². The largest absolute Gasteiger partial charge is 0.457 e. The van der Waals surface area contributed by atoms with Crippen LogP contribution in [-0.4, -0.2) is 48.2 Å². The molecular weight excluding hydrogens is 382 g/mol. The fourth-order valence-corrected chi connectivity index (χ4v) is 2.54. The van der Waals surface area contributed by atoms with Gasteiger partial charge in [-0.25, -0.2) is 32.9 Å². The van der Waals surface area contributed by atoms with Crippen molar-refractivity contribution in [2.24, 2.45) is 0 Å². The molecule has 0 amide bonds. The maximum Gasteiger partial charge on any atom is 0.336 e. The summed E-state index contributed by atoms with van der Waals surface area (Å²) in [4.78, 5) is 50.1. The Morgan fingerprint density at radius 1 is 0.862 bits per heavy atom. The Hall–Kier alpha value is -2.46. The van der Waals surface area contributed by atoms with Crippen molar-refractivity contribution in [2.75, 3.05) is 0 Å². The van der Waals surface area contributed by atoms with Crippen LogP contribution in [-0.2, 0) is 29.2 Å². The second-order valence-electron chi connectivity index (χ2n) is 7.02. The number of hydrogen-bond acceptors (Lipinski definition) is 7. The molecule has 0 spiro atoms. The Labute approximate surface area is 168 Å². The van der Waals surface area contributed by atoms with Gasteiger partial charge in [-0.05, 0) is 26.2 Å². The second-order valence-corrected chi connectivity index (χ2v) is 7.02. The molecule has 0 fully saturated rings. The molecule has 1 rings (SSSR count). The molecule has 0 bridgehead atoms. The van der Waals surface area contributed by atoms with Crippen molar-refractivity contribution in [1.82, 2.24) is 13.7 Å². The van der Waals surface area contributed by atoms with Gasteiger partial charge in [0, 0.05) is 5.57 Å². The highest BCUT2D eigenvalue weighted by Gasteiger charge is 2.22. The van der Waals surface area contributed by atoms with Crippen molar-refractivity contribution in [2.45, 2.75) is 84.9 Å². The predicted octanol–water partition coefficient (Wildman–Crippen LogP) is -0.389. The highest BCUT2D eigenvalue weighted by Crippen LogP contribution is 2.04. The van der Waals surface area contributed by atoms with Crippen molar-refractivity contribution >= 4 is 5.97 Å². The molecule has 164 valence electrons. The number of ether oxygens (including phenoxy) is 1. The molecule has 0 radical (unpaired) electrons. The minimum atomic E-state index is -0.959. The molecule has 0 aliphatic rings. The van der Waals surface area contributed by atoms with E-state index in [-0.39, 0.29) is 25.2 Å². The SMILES string of the molecule is C=C(C)C(=O)OC(CC)Cn1c(=O)n(CC(O)CC)c(=O)n(CC(O)CC)c1=O. The molecule has 0 aliphatic carbocycles. The first-order valence-electron chi connectivity index (χ1n) is 9.74. The standard InChI is InChI=1S/C19H31N3O7/c1-6-13(23)9-20-17(26)21(10-14(24)7-2)19(28)22(18(20)27)11-15(8-3)29-16(25)12(4)5/h13-15,23-24H,4,6-11H2,1-3,5H3. The summed E-state index contributed by atoms with van der Waals surface area (Å²) in [5, 5.41) is 19.8. The van der Waals surface area contributed by atoms with Crippen LogP contribution in [0.3, 0.4) is 0 Å². The first kappa shape index (κ1) is 24.6. The monoisotopic (exact) mass is 413 g/mol. The van der Waals surface area contributed by atoms with Gasteiger partial charge >= 0.3 is 23.0 Å². The molecule has 10 heteroatoms. The normalized spacial score (nSPS) is 14.3. The van der Waals surface area contributed by atoms with E-state index >= 15 is 0 Å². The van der Waals surface area contributed by atoms with Crippen LogP contribution in [0.2, 0.25) is 0 Å². The van der Waals surface area contributed by atoms with Crippen LogP contribution in [0.15, 0.2) is 26.5 Å². The molecule has 2 N–H and O–H groups in total.